The number of rotatable bonds is 7. The van der Waals surface area contributed by atoms with Gasteiger partial charge < -0.3 is 15.8 Å². The highest BCUT2D eigenvalue weighted by Gasteiger charge is 2.19. The summed E-state index contributed by atoms with van der Waals surface area (Å²) in [5, 5.41) is 2.68. The maximum absolute atomic E-state index is 12.3. The molecule has 3 N–H and O–H groups in total. The van der Waals surface area contributed by atoms with Gasteiger partial charge in [-0.3, -0.25) is 9.59 Å². The van der Waals surface area contributed by atoms with Crippen LogP contribution in [0.2, 0.25) is 0 Å². The van der Waals surface area contributed by atoms with Crippen LogP contribution in [0.15, 0.2) is 54.6 Å². The molecule has 5 nitrogen and oxygen atoms in total. The zero-order chi connectivity index (χ0) is 16.7. The molecule has 2 aromatic carbocycles. The van der Waals surface area contributed by atoms with E-state index in [-0.39, 0.29) is 5.91 Å². The van der Waals surface area contributed by atoms with Crippen molar-refractivity contribution in [1.29, 1.82) is 0 Å². The van der Waals surface area contributed by atoms with Crippen LogP contribution < -0.4 is 15.8 Å². The standard InChI is InChI=1S/C18H20N2O3/c1-2-23-15-10-6-9-14(12-15)18(22)20-16(17(19)21)11-13-7-4-3-5-8-13/h3-10,12,16H,2,11H2,1H3,(H2,19,21)(H,20,22). The lowest BCUT2D eigenvalue weighted by Crippen LogP contribution is -2.45. The molecular weight excluding hydrogens is 292 g/mol. The Balaban J connectivity index is 2.09. The molecule has 0 aliphatic heterocycles. The summed E-state index contributed by atoms with van der Waals surface area (Å²) in [6, 6.07) is 15.5. The number of ether oxygens (including phenoxy) is 1. The Morgan fingerprint density at radius 3 is 2.52 bits per heavy atom. The van der Waals surface area contributed by atoms with E-state index >= 15 is 0 Å². The molecule has 0 spiro atoms. The summed E-state index contributed by atoms with van der Waals surface area (Å²) in [4.78, 5) is 24.0. The molecule has 2 amide bonds. The first kappa shape index (κ1) is 16.5. The zero-order valence-electron chi connectivity index (χ0n) is 13.0. The lowest BCUT2D eigenvalue weighted by molar-refractivity contribution is -0.119. The minimum Gasteiger partial charge on any atom is -0.494 e. The number of nitrogens with one attached hydrogen (secondary N) is 1. The molecule has 120 valence electrons. The number of benzene rings is 2. The Hall–Kier alpha value is -2.82. The third-order valence-corrected chi connectivity index (χ3v) is 3.34. The van der Waals surface area contributed by atoms with Gasteiger partial charge in [0.25, 0.3) is 5.91 Å². The van der Waals surface area contributed by atoms with Crippen molar-refractivity contribution in [3.05, 3.63) is 65.7 Å². The van der Waals surface area contributed by atoms with Crippen molar-refractivity contribution in [3.8, 4) is 5.75 Å². The SMILES string of the molecule is CCOc1cccc(C(=O)NC(Cc2ccccc2)C(N)=O)c1. The topological polar surface area (TPSA) is 81.4 Å². The van der Waals surface area contributed by atoms with Crippen molar-refractivity contribution in [1.82, 2.24) is 5.32 Å². The van der Waals surface area contributed by atoms with Gasteiger partial charge in [-0.1, -0.05) is 36.4 Å². The van der Waals surface area contributed by atoms with E-state index in [0.29, 0.717) is 24.3 Å². The third-order valence-electron chi connectivity index (χ3n) is 3.34. The molecule has 0 aliphatic carbocycles. The number of carbonyl (C=O) groups excluding carboxylic acids is 2. The van der Waals surface area contributed by atoms with Crippen molar-refractivity contribution in [2.24, 2.45) is 5.73 Å². The van der Waals surface area contributed by atoms with Gasteiger partial charge in [0.2, 0.25) is 5.91 Å². The minimum atomic E-state index is -0.763. The van der Waals surface area contributed by atoms with Crippen molar-refractivity contribution in [2.45, 2.75) is 19.4 Å². The Bertz CT molecular complexity index is 671. The van der Waals surface area contributed by atoms with E-state index in [4.69, 9.17) is 10.5 Å². The van der Waals surface area contributed by atoms with Crippen LogP contribution in [0.4, 0.5) is 0 Å². The summed E-state index contributed by atoms with van der Waals surface area (Å²) >= 11 is 0. The number of nitrogens with two attached hydrogens (primary N) is 1. The fourth-order valence-electron chi connectivity index (χ4n) is 2.21. The van der Waals surface area contributed by atoms with Crippen LogP contribution in [0.1, 0.15) is 22.8 Å². The van der Waals surface area contributed by atoms with Gasteiger partial charge in [-0.2, -0.15) is 0 Å². The molecule has 0 bridgehead atoms. The molecule has 0 heterocycles. The third kappa shape index (κ3) is 4.85. The molecule has 0 aromatic heterocycles. The maximum atomic E-state index is 12.3. The summed E-state index contributed by atoms with van der Waals surface area (Å²) in [7, 11) is 0. The van der Waals surface area contributed by atoms with Crippen LogP contribution >= 0.6 is 0 Å². The predicted molar refractivity (Wildman–Crippen MR) is 88.2 cm³/mol. The van der Waals surface area contributed by atoms with Crippen molar-refractivity contribution < 1.29 is 14.3 Å². The highest BCUT2D eigenvalue weighted by Crippen LogP contribution is 2.13. The number of hydrogen-bond acceptors (Lipinski definition) is 3. The van der Waals surface area contributed by atoms with E-state index in [0.717, 1.165) is 5.56 Å². The second kappa shape index (κ2) is 7.98. The second-order valence-electron chi connectivity index (χ2n) is 5.08. The first-order valence-corrected chi connectivity index (χ1v) is 7.47. The number of hydrogen-bond donors (Lipinski definition) is 2. The van der Waals surface area contributed by atoms with E-state index < -0.39 is 11.9 Å². The van der Waals surface area contributed by atoms with Gasteiger partial charge in [0.05, 0.1) is 6.61 Å². The van der Waals surface area contributed by atoms with Crippen LogP contribution in [-0.2, 0) is 11.2 Å². The molecule has 0 saturated carbocycles. The number of amides is 2. The Labute approximate surface area is 135 Å². The van der Waals surface area contributed by atoms with Gasteiger partial charge in [0, 0.05) is 12.0 Å². The van der Waals surface area contributed by atoms with Crippen LogP contribution in [-0.4, -0.2) is 24.5 Å². The second-order valence-corrected chi connectivity index (χ2v) is 5.08. The van der Waals surface area contributed by atoms with Crippen LogP contribution in [0.5, 0.6) is 5.75 Å². The van der Waals surface area contributed by atoms with Gasteiger partial charge in [0.1, 0.15) is 11.8 Å². The minimum absolute atomic E-state index is 0.354. The Kier molecular flexibility index (Phi) is 5.74. The number of carbonyl (C=O) groups is 2. The highest BCUT2D eigenvalue weighted by molar-refractivity contribution is 5.97. The Morgan fingerprint density at radius 1 is 1.13 bits per heavy atom. The highest BCUT2D eigenvalue weighted by atomic mass is 16.5. The fraction of sp³-hybridized carbons (Fsp3) is 0.222. The van der Waals surface area contributed by atoms with E-state index in [1.165, 1.54) is 0 Å². The average Bonchev–Trinajstić information content (AvgIpc) is 2.55. The first-order chi connectivity index (χ1) is 11.1. The normalized spacial score (nSPS) is 11.5. The van der Waals surface area contributed by atoms with Crippen LogP contribution in [0.25, 0.3) is 0 Å². The van der Waals surface area contributed by atoms with Crippen LogP contribution in [0.3, 0.4) is 0 Å². The molecule has 2 aromatic rings. The van der Waals surface area contributed by atoms with E-state index in [2.05, 4.69) is 5.32 Å². The molecular formula is C18H20N2O3. The van der Waals surface area contributed by atoms with E-state index in [1.54, 1.807) is 24.3 Å². The Morgan fingerprint density at radius 2 is 1.87 bits per heavy atom. The smallest absolute Gasteiger partial charge is 0.252 e. The average molecular weight is 312 g/mol. The summed E-state index contributed by atoms with van der Waals surface area (Å²) in [5.74, 6) is -0.312. The van der Waals surface area contributed by atoms with E-state index in [9.17, 15) is 9.59 Å². The summed E-state index contributed by atoms with van der Waals surface area (Å²) < 4.78 is 5.37. The maximum Gasteiger partial charge on any atom is 0.252 e. The van der Waals surface area contributed by atoms with E-state index in [1.807, 2.05) is 37.3 Å². The van der Waals surface area contributed by atoms with Gasteiger partial charge in [-0.05, 0) is 30.7 Å². The molecule has 0 saturated heterocycles. The molecule has 23 heavy (non-hydrogen) atoms. The zero-order valence-corrected chi connectivity index (χ0v) is 13.0. The largest absolute Gasteiger partial charge is 0.494 e. The molecule has 0 aliphatic rings. The molecule has 1 atom stereocenters. The van der Waals surface area contributed by atoms with Crippen molar-refractivity contribution >= 4 is 11.8 Å². The monoisotopic (exact) mass is 312 g/mol. The van der Waals surface area contributed by atoms with Crippen molar-refractivity contribution in [3.63, 3.8) is 0 Å². The summed E-state index contributed by atoms with van der Waals surface area (Å²) in [6.45, 7) is 2.39. The molecule has 1 unspecified atom stereocenters. The lowest BCUT2D eigenvalue weighted by atomic mass is 10.0. The first-order valence-electron chi connectivity index (χ1n) is 7.47. The fourth-order valence-corrected chi connectivity index (χ4v) is 2.21. The van der Waals surface area contributed by atoms with Gasteiger partial charge in [0.15, 0.2) is 0 Å². The van der Waals surface area contributed by atoms with Gasteiger partial charge in [-0.25, -0.2) is 0 Å². The van der Waals surface area contributed by atoms with Gasteiger partial charge in [-0.15, -0.1) is 0 Å². The van der Waals surface area contributed by atoms with Crippen LogP contribution in [0, 0.1) is 0 Å². The molecule has 2 rings (SSSR count). The predicted octanol–water partition coefficient (Wildman–Crippen LogP) is 1.91. The summed E-state index contributed by atoms with van der Waals surface area (Å²) in [5.41, 5.74) is 6.77. The molecule has 5 heteroatoms. The van der Waals surface area contributed by atoms with Crippen molar-refractivity contribution in [2.75, 3.05) is 6.61 Å². The molecule has 0 radical (unpaired) electrons. The summed E-state index contributed by atoms with van der Waals surface area (Å²) in [6.07, 6.45) is 0.354. The number of primary amides is 1. The molecule has 0 fully saturated rings. The van der Waals surface area contributed by atoms with Gasteiger partial charge >= 0.3 is 0 Å². The quantitative estimate of drug-likeness (QED) is 0.819. The lowest BCUT2D eigenvalue weighted by Gasteiger charge is -2.16.